The van der Waals surface area contributed by atoms with Crippen LogP contribution in [0.2, 0.25) is 0 Å². The average molecular weight is 424 g/mol. The molecule has 1 N–H and O–H groups in total. The third-order valence-electron chi connectivity index (χ3n) is 5.58. The Balaban J connectivity index is 1.60. The van der Waals surface area contributed by atoms with Crippen molar-refractivity contribution in [2.75, 3.05) is 45.2 Å². The second-order valence-corrected chi connectivity index (χ2v) is 8.03. The molecule has 3 rings (SSSR count). The Morgan fingerprint density at radius 1 is 0.935 bits per heavy atom. The lowest BCUT2D eigenvalue weighted by Crippen LogP contribution is -2.47. The second-order valence-electron chi connectivity index (χ2n) is 8.03. The van der Waals surface area contributed by atoms with E-state index in [1.807, 2.05) is 29.2 Å². The molecule has 0 atom stereocenters. The lowest BCUT2D eigenvalue weighted by Gasteiger charge is -2.32. The molecule has 6 heteroatoms. The largest absolute Gasteiger partial charge is 0.494 e. The number of nitrogens with zero attached hydrogens (tertiary/aromatic N) is 2. The first-order valence-corrected chi connectivity index (χ1v) is 11.2. The summed E-state index contributed by atoms with van der Waals surface area (Å²) < 4.78 is 5.75. The number of nitrogens with one attached hydrogen (secondary N) is 1. The van der Waals surface area contributed by atoms with E-state index in [1.54, 1.807) is 24.3 Å². The minimum Gasteiger partial charge on any atom is -0.494 e. The van der Waals surface area contributed by atoms with Crippen molar-refractivity contribution in [3.05, 3.63) is 59.7 Å². The smallest absolute Gasteiger partial charge is 0.256 e. The minimum absolute atomic E-state index is 0.0455. The van der Waals surface area contributed by atoms with Crippen LogP contribution in [0.1, 0.15) is 53.3 Å². The molecule has 0 aromatic heterocycles. The van der Waals surface area contributed by atoms with Gasteiger partial charge in [0.1, 0.15) is 5.75 Å². The number of carbonyl (C=O) groups is 2. The maximum absolute atomic E-state index is 13.0. The highest BCUT2D eigenvalue weighted by atomic mass is 16.5. The molecule has 1 aliphatic heterocycles. The van der Waals surface area contributed by atoms with Gasteiger partial charge >= 0.3 is 0 Å². The fourth-order valence-corrected chi connectivity index (χ4v) is 3.57. The number of benzene rings is 2. The lowest BCUT2D eigenvalue weighted by molar-refractivity contribution is 0.0665. The number of hydrogen-bond donors (Lipinski definition) is 1. The zero-order chi connectivity index (χ0) is 22.1. The number of hydrogen-bond acceptors (Lipinski definition) is 4. The van der Waals surface area contributed by atoms with Crippen LogP contribution in [0.25, 0.3) is 0 Å². The van der Waals surface area contributed by atoms with Gasteiger partial charge in [-0.05, 0) is 49.9 Å². The predicted octanol–water partition coefficient (Wildman–Crippen LogP) is 4.29. The number of piperazine rings is 1. The Bertz CT molecular complexity index is 859. The van der Waals surface area contributed by atoms with Crippen LogP contribution in [-0.2, 0) is 0 Å². The van der Waals surface area contributed by atoms with Crippen molar-refractivity contribution in [1.82, 2.24) is 9.80 Å². The first-order valence-electron chi connectivity index (χ1n) is 11.2. The number of rotatable bonds is 9. The molecule has 0 aliphatic carbocycles. The number of anilines is 1. The van der Waals surface area contributed by atoms with Gasteiger partial charge in [-0.1, -0.05) is 38.3 Å². The van der Waals surface area contributed by atoms with Gasteiger partial charge in [-0.2, -0.15) is 0 Å². The molecule has 1 heterocycles. The molecule has 0 bridgehead atoms. The molecule has 6 nitrogen and oxygen atoms in total. The number of unbranched alkanes of at least 4 members (excludes halogenated alkanes) is 3. The van der Waals surface area contributed by atoms with Crippen molar-refractivity contribution in [1.29, 1.82) is 0 Å². The standard InChI is InChI=1S/C25H33N3O3/c1-3-4-5-8-19-31-21-13-11-20(12-14-21)24(29)26-23-10-7-6-9-22(23)25(30)28-17-15-27(2)16-18-28/h6-7,9-14H,3-5,8,15-19H2,1-2H3,(H,26,29). The molecule has 0 unspecified atom stereocenters. The average Bonchev–Trinajstić information content (AvgIpc) is 2.80. The van der Waals surface area contributed by atoms with Gasteiger partial charge in [0.05, 0.1) is 17.9 Å². The molecule has 2 amide bonds. The maximum atomic E-state index is 13.0. The summed E-state index contributed by atoms with van der Waals surface area (Å²) in [6, 6.07) is 14.3. The summed E-state index contributed by atoms with van der Waals surface area (Å²) in [7, 11) is 2.05. The highest BCUT2D eigenvalue weighted by Gasteiger charge is 2.23. The first kappa shape index (κ1) is 22.8. The van der Waals surface area contributed by atoms with Gasteiger partial charge in [-0.25, -0.2) is 0 Å². The van der Waals surface area contributed by atoms with E-state index >= 15 is 0 Å². The van der Waals surface area contributed by atoms with Gasteiger partial charge < -0.3 is 19.9 Å². The van der Waals surface area contributed by atoms with Crippen molar-refractivity contribution in [3.8, 4) is 5.75 Å². The van der Waals surface area contributed by atoms with E-state index in [1.165, 1.54) is 19.3 Å². The zero-order valence-electron chi connectivity index (χ0n) is 18.6. The van der Waals surface area contributed by atoms with Gasteiger partial charge in [0.15, 0.2) is 0 Å². The Kier molecular flexibility index (Phi) is 8.47. The molecule has 1 saturated heterocycles. The van der Waals surface area contributed by atoms with Crippen LogP contribution in [0.3, 0.4) is 0 Å². The Hall–Kier alpha value is -2.86. The van der Waals surface area contributed by atoms with E-state index in [0.29, 0.717) is 36.5 Å². The molecular weight excluding hydrogens is 390 g/mol. The Morgan fingerprint density at radius 3 is 2.35 bits per heavy atom. The van der Waals surface area contributed by atoms with Crippen LogP contribution in [0.15, 0.2) is 48.5 Å². The van der Waals surface area contributed by atoms with Crippen molar-refractivity contribution in [3.63, 3.8) is 0 Å². The van der Waals surface area contributed by atoms with Crippen LogP contribution >= 0.6 is 0 Å². The van der Waals surface area contributed by atoms with Crippen LogP contribution in [0, 0.1) is 0 Å². The quantitative estimate of drug-likeness (QED) is 0.612. The number of likely N-dealkylation sites (N-methyl/N-ethyl adjacent to an activating group) is 1. The number of para-hydroxylation sites is 1. The van der Waals surface area contributed by atoms with Crippen LogP contribution < -0.4 is 10.1 Å². The summed E-state index contributed by atoms with van der Waals surface area (Å²) in [6.07, 6.45) is 4.63. The topological polar surface area (TPSA) is 61.9 Å². The molecule has 166 valence electrons. The van der Waals surface area contributed by atoms with E-state index in [4.69, 9.17) is 4.74 Å². The second kappa shape index (κ2) is 11.5. The van der Waals surface area contributed by atoms with E-state index in [2.05, 4.69) is 24.2 Å². The van der Waals surface area contributed by atoms with Gasteiger partial charge in [0, 0.05) is 31.7 Å². The summed E-state index contributed by atoms with van der Waals surface area (Å²) >= 11 is 0. The third kappa shape index (κ3) is 6.56. The molecule has 0 radical (unpaired) electrons. The van der Waals surface area contributed by atoms with Crippen molar-refractivity contribution < 1.29 is 14.3 Å². The van der Waals surface area contributed by atoms with Crippen molar-refractivity contribution >= 4 is 17.5 Å². The molecule has 2 aromatic rings. The summed E-state index contributed by atoms with van der Waals surface area (Å²) in [5.74, 6) is 0.475. The highest BCUT2D eigenvalue weighted by molar-refractivity contribution is 6.09. The first-order chi connectivity index (χ1) is 15.1. The van der Waals surface area contributed by atoms with Crippen LogP contribution in [0.5, 0.6) is 5.75 Å². The molecule has 2 aromatic carbocycles. The summed E-state index contributed by atoms with van der Waals surface area (Å²) in [4.78, 5) is 29.8. The van der Waals surface area contributed by atoms with Crippen LogP contribution in [0.4, 0.5) is 5.69 Å². The van der Waals surface area contributed by atoms with Gasteiger partial charge in [-0.15, -0.1) is 0 Å². The normalized spacial score (nSPS) is 14.3. The van der Waals surface area contributed by atoms with Crippen LogP contribution in [-0.4, -0.2) is 61.4 Å². The Labute approximate surface area is 185 Å². The van der Waals surface area contributed by atoms with E-state index < -0.39 is 0 Å². The molecule has 0 saturated carbocycles. The van der Waals surface area contributed by atoms with Crippen molar-refractivity contribution in [2.45, 2.75) is 32.6 Å². The summed E-state index contributed by atoms with van der Waals surface area (Å²) in [6.45, 7) is 5.97. The highest BCUT2D eigenvalue weighted by Crippen LogP contribution is 2.20. The molecule has 1 aliphatic rings. The third-order valence-corrected chi connectivity index (χ3v) is 5.58. The summed E-state index contributed by atoms with van der Waals surface area (Å²) in [5, 5.41) is 2.90. The predicted molar refractivity (Wildman–Crippen MR) is 124 cm³/mol. The monoisotopic (exact) mass is 423 g/mol. The molecular formula is C25H33N3O3. The molecule has 1 fully saturated rings. The van der Waals surface area contributed by atoms with Gasteiger partial charge in [-0.3, -0.25) is 9.59 Å². The maximum Gasteiger partial charge on any atom is 0.256 e. The van der Waals surface area contributed by atoms with E-state index in [9.17, 15) is 9.59 Å². The number of carbonyl (C=O) groups excluding carboxylic acids is 2. The zero-order valence-corrected chi connectivity index (χ0v) is 18.6. The SMILES string of the molecule is CCCCCCOc1ccc(C(=O)Nc2ccccc2C(=O)N2CCN(C)CC2)cc1. The number of amides is 2. The fourth-order valence-electron chi connectivity index (χ4n) is 3.57. The van der Waals surface area contributed by atoms with Gasteiger partial charge in [0.25, 0.3) is 11.8 Å². The summed E-state index contributed by atoms with van der Waals surface area (Å²) in [5.41, 5.74) is 1.58. The van der Waals surface area contributed by atoms with E-state index in [-0.39, 0.29) is 11.8 Å². The Morgan fingerprint density at radius 2 is 1.65 bits per heavy atom. The van der Waals surface area contributed by atoms with E-state index in [0.717, 1.165) is 25.3 Å². The van der Waals surface area contributed by atoms with Crippen molar-refractivity contribution in [2.24, 2.45) is 0 Å². The fraction of sp³-hybridized carbons (Fsp3) is 0.440. The minimum atomic E-state index is -0.242. The molecule has 0 spiro atoms. The lowest BCUT2D eigenvalue weighted by atomic mass is 10.1. The molecule has 31 heavy (non-hydrogen) atoms. The number of ether oxygens (including phenoxy) is 1. The van der Waals surface area contributed by atoms with Gasteiger partial charge in [0.2, 0.25) is 0 Å².